The number of nitrogens with zero attached hydrogens (tertiary/aromatic N) is 1. The van der Waals surface area contributed by atoms with Crippen LogP contribution in [0.1, 0.15) is 44.1 Å². The molecule has 138 valence electrons. The number of nitrogens with one attached hydrogen (secondary N) is 1. The van der Waals surface area contributed by atoms with E-state index >= 15 is 0 Å². The first-order valence-corrected chi connectivity index (χ1v) is 9.47. The van der Waals surface area contributed by atoms with Crippen LogP contribution >= 0.6 is 0 Å². The maximum absolute atomic E-state index is 12.4. The highest BCUT2D eigenvalue weighted by molar-refractivity contribution is 5.78. The van der Waals surface area contributed by atoms with Gasteiger partial charge in [0.2, 0.25) is 0 Å². The standard InChI is InChI=1S/C20H30N2O3/c1-15-7-8-18(19(13-15)24-2)25-14-20(23)22-11-9-17(10-12-22)21-16-5-3-4-6-16/h7-8,13,16-17,21H,3-6,9-12,14H2,1-2H3. The van der Waals surface area contributed by atoms with Crippen LogP contribution < -0.4 is 14.8 Å². The maximum atomic E-state index is 12.4. The van der Waals surface area contributed by atoms with Gasteiger partial charge in [-0.2, -0.15) is 0 Å². The molecule has 0 bridgehead atoms. The number of amides is 1. The van der Waals surface area contributed by atoms with Crippen LogP contribution in [0.4, 0.5) is 0 Å². The molecule has 0 spiro atoms. The zero-order valence-corrected chi connectivity index (χ0v) is 15.4. The third-order valence-electron chi connectivity index (χ3n) is 5.34. The lowest BCUT2D eigenvalue weighted by Crippen LogP contribution is -2.48. The Morgan fingerprint density at radius 2 is 1.80 bits per heavy atom. The smallest absolute Gasteiger partial charge is 0.260 e. The van der Waals surface area contributed by atoms with Crippen molar-refractivity contribution in [2.75, 3.05) is 26.8 Å². The zero-order valence-electron chi connectivity index (χ0n) is 15.4. The van der Waals surface area contributed by atoms with Gasteiger partial charge in [0, 0.05) is 25.2 Å². The van der Waals surface area contributed by atoms with E-state index in [4.69, 9.17) is 9.47 Å². The van der Waals surface area contributed by atoms with Gasteiger partial charge in [-0.15, -0.1) is 0 Å². The summed E-state index contributed by atoms with van der Waals surface area (Å²) in [5.74, 6) is 1.36. The summed E-state index contributed by atoms with van der Waals surface area (Å²) < 4.78 is 11.0. The fraction of sp³-hybridized carbons (Fsp3) is 0.650. The first-order valence-electron chi connectivity index (χ1n) is 9.47. The number of piperidine rings is 1. The number of hydrogen-bond acceptors (Lipinski definition) is 4. The summed E-state index contributed by atoms with van der Waals surface area (Å²) in [6.07, 6.45) is 7.41. The second kappa shape index (κ2) is 8.56. The molecule has 5 nitrogen and oxygen atoms in total. The van der Waals surface area contributed by atoms with Gasteiger partial charge in [-0.25, -0.2) is 0 Å². The van der Waals surface area contributed by atoms with Crippen LogP contribution in [-0.4, -0.2) is 49.7 Å². The number of rotatable bonds is 6. The number of carbonyl (C=O) groups is 1. The molecule has 1 aromatic rings. The number of aryl methyl sites for hydroxylation is 1. The van der Waals surface area contributed by atoms with E-state index in [-0.39, 0.29) is 12.5 Å². The molecule has 2 aliphatic rings. The lowest BCUT2D eigenvalue weighted by atomic mass is 10.0. The van der Waals surface area contributed by atoms with Crippen LogP contribution in [0.15, 0.2) is 18.2 Å². The molecule has 25 heavy (non-hydrogen) atoms. The molecule has 1 N–H and O–H groups in total. The average Bonchev–Trinajstić information content (AvgIpc) is 3.14. The van der Waals surface area contributed by atoms with E-state index in [0.29, 0.717) is 23.6 Å². The van der Waals surface area contributed by atoms with Crippen molar-refractivity contribution >= 4 is 5.91 Å². The van der Waals surface area contributed by atoms with Crippen molar-refractivity contribution in [2.45, 2.75) is 57.5 Å². The normalized spacial score (nSPS) is 19.2. The van der Waals surface area contributed by atoms with Gasteiger partial charge in [-0.1, -0.05) is 18.9 Å². The third kappa shape index (κ3) is 4.88. The highest BCUT2D eigenvalue weighted by atomic mass is 16.5. The highest BCUT2D eigenvalue weighted by Gasteiger charge is 2.25. The lowest BCUT2D eigenvalue weighted by Gasteiger charge is -2.34. The average molecular weight is 346 g/mol. The van der Waals surface area contributed by atoms with Gasteiger partial charge in [0.05, 0.1) is 7.11 Å². The summed E-state index contributed by atoms with van der Waals surface area (Å²) in [6, 6.07) is 7.00. The molecule has 3 rings (SSSR count). The van der Waals surface area contributed by atoms with E-state index < -0.39 is 0 Å². The Bertz CT molecular complexity index is 576. The lowest BCUT2D eigenvalue weighted by molar-refractivity contribution is -0.134. The van der Waals surface area contributed by atoms with Gasteiger partial charge < -0.3 is 19.7 Å². The molecule has 1 amide bonds. The maximum Gasteiger partial charge on any atom is 0.260 e. The van der Waals surface area contributed by atoms with Crippen LogP contribution in [0.5, 0.6) is 11.5 Å². The number of methoxy groups -OCH3 is 1. The first-order chi connectivity index (χ1) is 12.2. The van der Waals surface area contributed by atoms with Crippen LogP contribution in [0, 0.1) is 6.92 Å². The number of benzene rings is 1. The molecule has 2 fully saturated rings. The van der Waals surface area contributed by atoms with Gasteiger partial charge in [0.1, 0.15) is 0 Å². The predicted molar refractivity (Wildman–Crippen MR) is 98.2 cm³/mol. The Morgan fingerprint density at radius 3 is 2.48 bits per heavy atom. The number of carbonyl (C=O) groups excluding carboxylic acids is 1. The summed E-state index contributed by atoms with van der Waals surface area (Å²) in [5, 5.41) is 3.77. The zero-order chi connectivity index (χ0) is 17.6. The van der Waals surface area contributed by atoms with Crippen molar-refractivity contribution < 1.29 is 14.3 Å². The van der Waals surface area contributed by atoms with Gasteiger partial charge in [0.15, 0.2) is 18.1 Å². The summed E-state index contributed by atoms with van der Waals surface area (Å²) in [6.45, 7) is 3.70. The van der Waals surface area contributed by atoms with E-state index in [2.05, 4.69) is 5.32 Å². The van der Waals surface area contributed by atoms with Crippen molar-refractivity contribution in [1.82, 2.24) is 10.2 Å². The minimum absolute atomic E-state index is 0.0574. The molecule has 0 atom stereocenters. The molecule has 1 aromatic carbocycles. The summed E-state index contributed by atoms with van der Waals surface area (Å²) in [4.78, 5) is 14.4. The molecular weight excluding hydrogens is 316 g/mol. The van der Waals surface area contributed by atoms with Crippen molar-refractivity contribution in [1.29, 1.82) is 0 Å². The fourth-order valence-electron chi connectivity index (χ4n) is 3.85. The molecule has 0 aromatic heterocycles. The first kappa shape index (κ1) is 18.1. The topological polar surface area (TPSA) is 50.8 Å². The molecule has 1 heterocycles. The minimum atomic E-state index is 0.0574. The Kier molecular flexibility index (Phi) is 6.19. The monoisotopic (exact) mass is 346 g/mol. The Morgan fingerprint density at radius 1 is 1.12 bits per heavy atom. The van der Waals surface area contributed by atoms with Gasteiger partial charge in [0.25, 0.3) is 5.91 Å². The number of likely N-dealkylation sites (tertiary alicyclic amines) is 1. The van der Waals surface area contributed by atoms with E-state index in [9.17, 15) is 4.79 Å². The minimum Gasteiger partial charge on any atom is -0.493 e. The quantitative estimate of drug-likeness (QED) is 0.860. The number of hydrogen-bond donors (Lipinski definition) is 1. The molecule has 1 aliphatic heterocycles. The predicted octanol–water partition coefficient (Wildman–Crippen LogP) is 2.91. The molecule has 0 radical (unpaired) electrons. The van der Waals surface area contributed by atoms with E-state index in [1.807, 2.05) is 30.0 Å². The van der Waals surface area contributed by atoms with Crippen LogP contribution in [0.2, 0.25) is 0 Å². The molecule has 1 aliphatic carbocycles. The van der Waals surface area contributed by atoms with Crippen LogP contribution in [0.25, 0.3) is 0 Å². The number of ether oxygens (including phenoxy) is 2. The van der Waals surface area contributed by atoms with E-state index in [1.54, 1.807) is 7.11 Å². The summed E-state index contributed by atoms with van der Waals surface area (Å²) in [7, 11) is 1.62. The largest absolute Gasteiger partial charge is 0.493 e. The van der Waals surface area contributed by atoms with Crippen molar-refractivity contribution in [3.63, 3.8) is 0 Å². The van der Waals surface area contributed by atoms with Crippen molar-refractivity contribution in [2.24, 2.45) is 0 Å². The second-order valence-corrected chi connectivity index (χ2v) is 7.25. The van der Waals surface area contributed by atoms with E-state index in [1.165, 1.54) is 25.7 Å². The van der Waals surface area contributed by atoms with Crippen LogP contribution in [-0.2, 0) is 4.79 Å². The molecule has 5 heteroatoms. The van der Waals surface area contributed by atoms with Gasteiger partial charge >= 0.3 is 0 Å². The molecule has 0 unspecified atom stereocenters. The molecule has 1 saturated carbocycles. The fourth-order valence-corrected chi connectivity index (χ4v) is 3.85. The van der Waals surface area contributed by atoms with Gasteiger partial charge in [-0.05, 0) is 50.3 Å². The van der Waals surface area contributed by atoms with Crippen molar-refractivity contribution in [3.8, 4) is 11.5 Å². The second-order valence-electron chi connectivity index (χ2n) is 7.25. The Balaban J connectivity index is 1.43. The molecular formula is C20H30N2O3. The molecule has 1 saturated heterocycles. The van der Waals surface area contributed by atoms with E-state index in [0.717, 1.165) is 31.5 Å². The van der Waals surface area contributed by atoms with Gasteiger partial charge in [-0.3, -0.25) is 4.79 Å². The summed E-state index contributed by atoms with van der Waals surface area (Å²) >= 11 is 0. The third-order valence-corrected chi connectivity index (χ3v) is 5.34. The van der Waals surface area contributed by atoms with Crippen molar-refractivity contribution in [3.05, 3.63) is 23.8 Å². The Hall–Kier alpha value is -1.75. The SMILES string of the molecule is COc1cc(C)ccc1OCC(=O)N1CCC(NC2CCCC2)CC1. The highest BCUT2D eigenvalue weighted by Crippen LogP contribution is 2.28. The summed E-state index contributed by atoms with van der Waals surface area (Å²) in [5.41, 5.74) is 1.10. The van der Waals surface area contributed by atoms with Crippen LogP contribution in [0.3, 0.4) is 0 Å². The Labute approximate surface area is 150 Å².